The van der Waals surface area contributed by atoms with E-state index in [4.69, 9.17) is 5.73 Å². The minimum atomic E-state index is -3.24. The molecule has 0 saturated heterocycles. The van der Waals surface area contributed by atoms with Crippen molar-refractivity contribution in [1.82, 2.24) is 14.5 Å². The molecule has 25 heavy (non-hydrogen) atoms. The van der Waals surface area contributed by atoms with Gasteiger partial charge in [0, 0.05) is 32.1 Å². The van der Waals surface area contributed by atoms with Crippen molar-refractivity contribution in [3.63, 3.8) is 0 Å². The Morgan fingerprint density at radius 3 is 2.64 bits per heavy atom. The van der Waals surface area contributed by atoms with Gasteiger partial charge in [-0.1, -0.05) is 6.92 Å². The molecule has 0 fully saturated rings. The van der Waals surface area contributed by atoms with Crippen LogP contribution in [0.3, 0.4) is 0 Å². The van der Waals surface area contributed by atoms with Gasteiger partial charge < -0.3 is 15.2 Å². The van der Waals surface area contributed by atoms with Gasteiger partial charge in [-0.2, -0.15) is 0 Å². The first kappa shape index (κ1) is 17.2. The number of nitrogens with two attached hydrogens (primary N) is 1. The smallest absolute Gasteiger partial charge is 0.175 e. The molecule has 2 N–H and O–H groups in total. The fraction of sp³-hybridized carbons (Fsp3) is 0.294. The Morgan fingerprint density at radius 1 is 1.28 bits per heavy atom. The Bertz CT molecular complexity index is 1060. The van der Waals surface area contributed by atoms with Crippen molar-refractivity contribution in [1.29, 1.82) is 0 Å². The number of imidazole rings is 1. The summed E-state index contributed by atoms with van der Waals surface area (Å²) in [5.41, 5.74) is 9.42. The fourth-order valence-corrected chi connectivity index (χ4v) is 3.51. The van der Waals surface area contributed by atoms with Crippen LogP contribution in [-0.4, -0.2) is 36.3 Å². The Kier molecular flexibility index (Phi) is 4.16. The van der Waals surface area contributed by atoms with E-state index >= 15 is 0 Å². The molecule has 1 aromatic carbocycles. The summed E-state index contributed by atoms with van der Waals surface area (Å²) in [5, 5.41) is 0. The molecule has 2 heterocycles. The average Bonchev–Trinajstić information content (AvgIpc) is 2.94. The molecule has 0 amide bonds. The van der Waals surface area contributed by atoms with Crippen LogP contribution in [0.4, 0.5) is 17.3 Å². The summed E-state index contributed by atoms with van der Waals surface area (Å²) in [6.45, 7) is 1.99. The van der Waals surface area contributed by atoms with Crippen LogP contribution in [0.1, 0.15) is 12.5 Å². The Morgan fingerprint density at radius 2 is 2.00 bits per heavy atom. The zero-order valence-corrected chi connectivity index (χ0v) is 15.5. The molecular weight excluding hydrogens is 338 g/mol. The molecule has 3 rings (SSSR count). The first-order valence-electron chi connectivity index (χ1n) is 7.86. The van der Waals surface area contributed by atoms with E-state index in [-0.39, 0.29) is 0 Å². The van der Waals surface area contributed by atoms with Gasteiger partial charge in [-0.3, -0.25) is 0 Å². The van der Waals surface area contributed by atoms with Crippen LogP contribution in [0.5, 0.6) is 0 Å². The van der Waals surface area contributed by atoms with E-state index in [0.717, 1.165) is 16.8 Å². The van der Waals surface area contributed by atoms with Gasteiger partial charge in [0.05, 0.1) is 16.7 Å². The van der Waals surface area contributed by atoms with Crippen LogP contribution in [0.25, 0.3) is 11.0 Å². The quantitative estimate of drug-likeness (QED) is 0.768. The molecule has 132 valence electrons. The number of benzene rings is 1. The number of aryl methyl sites for hydroxylation is 2. The largest absolute Gasteiger partial charge is 0.382 e. The van der Waals surface area contributed by atoms with E-state index in [9.17, 15) is 8.42 Å². The lowest BCUT2D eigenvalue weighted by molar-refractivity contribution is 0.602. The normalized spacial score (nSPS) is 11.8. The number of sulfone groups is 1. The number of pyridine rings is 1. The van der Waals surface area contributed by atoms with Crippen LogP contribution in [0, 0.1) is 0 Å². The van der Waals surface area contributed by atoms with Gasteiger partial charge in [-0.05, 0) is 30.2 Å². The number of fused-ring (bicyclic) bond motifs is 1. The predicted molar refractivity (Wildman–Crippen MR) is 99.9 cm³/mol. The lowest BCUT2D eigenvalue weighted by Crippen LogP contribution is -2.15. The van der Waals surface area contributed by atoms with Gasteiger partial charge in [-0.15, -0.1) is 0 Å². The van der Waals surface area contributed by atoms with E-state index < -0.39 is 9.84 Å². The van der Waals surface area contributed by atoms with E-state index in [1.54, 1.807) is 24.5 Å². The summed E-state index contributed by atoms with van der Waals surface area (Å²) in [6.07, 6.45) is 3.61. The summed E-state index contributed by atoms with van der Waals surface area (Å²) in [4.78, 5) is 10.9. The molecule has 7 nitrogen and oxygen atoms in total. The average molecular weight is 359 g/mol. The maximum Gasteiger partial charge on any atom is 0.175 e. The van der Waals surface area contributed by atoms with Crippen molar-refractivity contribution in [2.45, 2.75) is 18.2 Å². The molecular formula is C17H21N5O2S. The second-order valence-electron chi connectivity index (χ2n) is 6.06. The molecule has 0 atom stereocenters. The number of aromatic nitrogens is 3. The molecule has 0 aliphatic heterocycles. The minimum absolute atomic E-state index is 0.316. The molecule has 0 saturated carbocycles. The third-order valence-electron chi connectivity index (χ3n) is 4.29. The number of nitrogen functional groups attached to an aromatic ring is 1. The Balaban J connectivity index is 2.12. The van der Waals surface area contributed by atoms with Crippen molar-refractivity contribution >= 4 is 38.2 Å². The van der Waals surface area contributed by atoms with E-state index in [1.807, 2.05) is 36.6 Å². The molecule has 2 aromatic heterocycles. The van der Waals surface area contributed by atoms with Crippen LogP contribution < -0.4 is 10.6 Å². The third kappa shape index (κ3) is 3.05. The van der Waals surface area contributed by atoms with Gasteiger partial charge in [0.25, 0.3) is 0 Å². The topological polar surface area (TPSA) is 94.1 Å². The zero-order valence-electron chi connectivity index (χ0n) is 14.7. The summed E-state index contributed by atoms with van der Waals surface area (Å²) in [7, 11) is 0.545. The van der Waals surface area contributed by atoms with Crippen LogP contribution >= 0.6 is 0 Å². The second-order valence-corrected chi connectivity index (χ2v) is 8.08. The number of rotatable bonds is 4. The summed E-state index contributed by atoms with van der Waals surface area (Å²) >= 11 is 0. The SMILES string of the molecule is CCc1cc(S(C)(=O)=O)ccc1N(C)c1cc2c(ncn2C)c(N)n1. The third-order valence-corrected chi connectivity index (χ3v) is 5.40. The first-order valence-corrected chi connectivity index (χ1v) is 9.75. The van der Waals surface area contributed by atoms with Crippen molar-refractivity contribution in [2.24, 2.45) is 7.05 Å². The molecule has 0 spiro atoms. The maximum absolute atomic E-state index is 11.8. The molecule has 0 aliphatic rings. The lowest BCUT2D eigenvalue weighted by atomic mass is 10.1. The summed E-state index contributed by atoms with van der Waals surface area (Å²) < 4.78 is 25.5. The molecule has 0 radical (unpaired) electrons. The van der Waals surface area contributed by atoms with Gasteiger partial charge in [-0.25, -0.2) is 18.4 Å². The fourth-order valence-electron chi connectivity index (χ4n) is 2.84. The van der Waals surface area contributed by atoms with Gasteiger partial charge in [0.2, 0.25) is 0 Å². The van der Waals surface area contributed by atoms with Crippen LogP contribution in [0.15, 0.2) is 35.5 Å². The zero-order chi connectivity index (χ0) is 18.4. The number of hydrogen-bond acceptors (Lipinski definition) is 6. The van der Waals surface area contributed by atoms with Crippen LogP contribution in [0.2, 0.25) is 0 Å². The second kappa shape index (κ2) is 6.03. The highest BCUT2D eigenvalue weighted by molar-refractivity contribution is 7.90. The number of anilines is 3. The van der Waals surface area contributed by atoms with Crippen molar-refractivity contribution in [3.05, 3.63) is 36.2 Å². The van der Waals surface area contributed by atoms with Gasteiger partial charge >= 0.3 is 0 Å². The lowest BCUT2D eigenvalue weighted by Gasteiger charge is -2.22. The van der Waals surface area contributed by atoms with E-state index in [2.05, 4.69) is 9.97 Å². The number of hydrogen-bond donors (Lipinski definition) is 1. The highest BCUT2D eigenvalue weighted by Gasteiger charge is 2.16. The molecule has 0 bridgehead atoms. The van der Waals surface area contributed by atoms with E-state index in [0.29, 0.717) is 28.5 Å². The molecule has 0 unspecified atom stereocenters. The van der Waals surface area contributed by atoms with Crippen molar-refractivity contribution in [3.8, 4) is 0 Å². The maximum atomic E-state index is 11.8. The standard InChI is InChI=1S/C17H21N5O2S/c1-5-11-8-12(25(4,23)24)6-7-13(11)22(3)15-9-14-16(17(18)20-15)19-10-21(14)2/h6-10H,5H2,1-4H3,(H2,18,20). The first-order chi connectivity index (χ1) is 11.7. The molecule has 3 aromatic rings. The predicted octanol–water partition coefficient (Wildman–Crippen LogP) is 2.28. The number of nitrogens with zero attached hydrogens (tertiary/aromatic N) is 4. The minimum Gasteiger partial charge on any atom is -0.382 e. The molecule has 0 aliphatic carbocycles. The van der Waals surface area contributed by atoms with Crippen molar-refractivity contribution in [2.75, 3.05) is 23.9 Å². The van der Waals surface area contributed by atoms with Gasteiger partial charge in [0.15, 0.2) is 15.7 Å². The highest BCUT2D eigenvalue weighted by atomic mass is 32.2. The molecule has 8 heteroatoms. The monoisotopic (exact) mass is 359 g/mol. The summed E-state index contributed by atoms with van der Waals surface area (Å²) in [5.74, 6) is 1.04. The van der Waals surface area contributed by atoms with Crippen LogP contribution in [-0.2, 0) is 23.3 Å². The highest BCUT2D eigenvalue weighted by Crippen LogP contribution is 2.31. The van der Waals surface area contributed by atoms with E-state index in [1.165, 1.54) is 6.26 Å². The van der Waals surface area contributed by atoms with Gasteiger partial charge in [0.1, 0.15) is 11.3 Å². The Labute approximate surface area is 147 Å². The summed E-state index contributed by atoms with van der Waals surface area (Å²) in [6, 6.07) is 7.06. The van der Waals surface area contributed by atoms with Crippen molar-refractivity contribution < 1.29 is 8.42 Å². The Hall–Kier alpha value is -2.61.